The molecule has 1 rings (SSSR count). The molecule has 7 heteroatoms. The van der Waals surface area contributed by atoms with Gasteiger partial charge in [0.1, 0.15) is 6.54 Å². The molecule has 1 aromatic heterocycles. The molecule has 0 aliphatic heterocycles. The third-order valence-corrected chi connectivity index (χ3v) is 4.16. The van der Waals surface area contributed by atoms with Crippen molar-refractivity contribution in [3.8, 4) is 0 Å². The van der Waals surface area contributed by atoms with Crippen LogP contribution in [0.2, 0.25) is 0 Å². The number of amides is 1. The topological polar surface area (TPSA) is 66.0 Å². The molecule has 1 aromatic rings. The minimum absolute atomic E-state index is 0.0184. The van der Waals surface area contributed by atoms with Gasteiger partial charge >= 0.3 is 0 Å². The van der Waals surface area contributed by atoms with Crippen molar-refractivity contribution in [2.24, 2.45) is 4.99 Å². The van der Waals surface area contributed by atoms with Gasteiger partial charge in [-0.2, -0.15) is 0 Å². The Morgan fingerprint density at radius 1 is 1.29 bits per heavy atom. The maximum Gasteiger partial charge on any atom is 0.243 e. The number of hydrogen-bond donors (Lipinski definition) is 2. The Kier molecular flexibility index (Phi) is 10.9. The summed E-state index contributed by atoms with van der Waals surface area (Å²) in [5.74, 6) is 0.641. The smallest absolute Gasteiger partial charge is 0.243 e. The van der Waals surface area contributed by atoms with Gasteiger partial charge in [-0.3, -0.25) is 4.79 Å². The SMILES string of the molecule is CCCCOCCCNC(=NCC(=O)N(C)C)NCc1cccs1. The maximum absolute atomic E-state index is 11.7. The van der Waals surface area contributed by atoms with Crippen molar-refractivity contribution in [2.45, 2.75) is 32.7 Å². The Bertz CT molecular complexity index is 475. The van der Waals surface area contributed by atoms with E-state index in [1.54, 1.807) is 30.3 Å². The molecule has 0 fully saturated rings. The number of aliphatic imine (C=N–C) groups is 1. The average Bonchev–Trinajstić information content (AvgIpc) is 3.08. The molecule has 6 nitrogen and oxygen atoms in total. The first-order valence-electron chi connectivity index (χ1n) is 8.46. The lowest BCUT2D eigenvalue weighted by atomic mass is 10.4. The normalized spacial score (nSPS) is 11.4. The fourth-order valence-electron chi connectivity index (χ4n) is 1.78. The standard InChI is InChI=1S/C17H30N4O2S/c1-4-5-10-23-11-7-9-18-17(20-14-16(22)21(2)3)19-13-15-8-6-12-24-15/h6,8,12H,4-5,7,9-11,13-14H2,1-3H3,(H2,18,19,20). The highest BCUT2D eigenvalue weighted by Gasteiger charge is 2.05. The minimum atomic E-state index is -0.0184. The molecule has 24 heavy (non-hydrogen) atoms. The first-order chi connectivity index (χ1) is 11.6. The van der Waals surface area contributed by atoms with E-state index in [1.807, 2.05) is 11.4 Å². The summed E-state index contributed by atoms with van der Waals surface area (Å²) < 4.78 is 5.55. The second-order valence-corrected chi connectivity index (χ2v) is 6.66. The van der Waals surface area contributed by atoms with E-state index < -0.39 is 0 Å². The summed E-state index contributed by atoms with van der Waals surface area (Å²) in [7, 11) is 3.47. The van der Waals surface area contributed by atoms with Crippen molar-refractivity contribution < 1.29 is 9.53 Å². The second kappa shape index (κ2) is 12.8. The van der Waals surface area contributed by atoms with Crippen LogP contribution in [0.3, 0.4) is 0 Å². The van der Waals surface area contributed by atoms with Gasteiger partial charge in [0.25, 0.3) is 0 Å². The van der Waals surface area contributed by atoms with Crippen LogP contribution in [0.5, 0.6) is 0 Å². The molecule has 0 aromatic carbocycles. The zero-order chi connectivity index (χ0) is 17.6. The van der Waals surface area contributed by atoms with Crippen molar-refractivity contribution in [3.05, 3.63) is 22.4 Å². The summed E-state index contributed by atoms with van der Waals surface area (Å²) in [6.45, 7) is 5.32. The summed E-state index contributed by atoms with van der Waals surface area (Å²) in [5.41, 5.74) is 0. The molecule has 0 spiro atoms. The van der Waals surface area contributed by atoms with E-state index in [0.717, 1.165) is 39.0 Å². The van der Waals surface area contributed by atoms with E-state index in [4.69, 9.17) is 4.74 Å². The molecule has 136 valence electrons. The number of carbonyl (C=O) groups is 1. The van der Waals surface area contributed by atoms with Crippen molar-refractivity contribution in [3.63, 3.8) is 0 Å². The van der Waals surface area contributed by atoms with Crippen molar-refractivity contribution in [1.82, 2.24) is 15.5 Å². The van der Waals surface area contributed by atoms with Crippen LogP contribution in [0, 0.1) is 0 Å². The van der Waals surface area contributed by atoms with Gasteiger partial charge in [-0.1, -0.05) is 19.4 Å². The molecular weight excluding hydrogens is 324 g/mol. The molecule has 0 saturated carbocycles. The highest BCUT2D eigenvalue weighted by Crippen LogP contribution is 2.07. The number of guanidine groups is 1. The molecule has 0 bridgehead atoms. The number of ether oxygens (including phenoxy) is 1. The van der Waals surface area contributed by atoms with Crippen LogP contribution < -0.4 is 10.6 Å². The monoisotopic (exact) mass is 354 g/mol. The van der Waals surface area contributed by atoms with Crippen molar-refractivity contribution in [1.29, 1.82) is 0 Å². The molecule has 2 N–H and O–H groups in total. The van der Waals surface area contributed by atoms with Gasteiger partial charge in [0.15, 0.2) is 5.96 Å². The van der Waals surface area contributed by atoms with E-state index in [2.05, 4.69) is 28.6 Å². The van der Waals surface area contributed by atoms with E-state index in [9.17, 15) is 4.79 Å². The first-order valence-corrected chi connectivity index (χ1v) is 9.34. The van der Waals surface area contributed by atoms with E-state index in [-0.39, 0.29) is 12.5 Å². The van der Waals surface area contributed by atoms with E-state index in [1.165, 1.54) is 4.88 Å². The minimum Gasteiger partial charge on any atom is -0.381 e. The second-order valence-electron chi connectivity index (χ2n) is 5.63. The van der Waals surface area contributed by atoms with Crippen LogP contribution in [0.4, 0.5) is 0 Å². The fourth-order valence-corrected chi connectivity index (χ4v) is 2.42. The van der Waals surface area contributed by atoms with Crippen LogP contribution in [0.15, 0.2) is 22.5 Å². The largest absolute Gasteiger partial charge is 0.381 e. The molecule has 1 heterocycles. The van der Waals surface area contributed by atoms with Crippen LogP contribution in [0.25, 0.3) is 0 Å². The predicted octanol–water partition coefficient (Wildman–Crippen LogP) is 2.08. The lowest BCUT2D eigenvalue weighted by Gasteiger charge is -2.13. The summed E-state index contributed by atoms with van der Waals surface area (Å²) in [6, 6.07) is 4.09. The summed E-state index contributed by atoms with van der Waals surface area (Å²) in [6.07, 6.45) is 3.17. The average molecular weight is 355 g/mol. The van der Waals surface area contributed by atoms with E-state index in [0.29, 0.717) is 12.5 Å². The number of rotatable bonds is 11. The van der Waals surface area contributed by atoms with Crippen LogP contribution >= 0.6 is 11.3 Å². The van der Waals surface area contributed by atoms with E-state index >= 15 is 0 Å². The summed E-state index contributed by atoms with van der Waals surface area (Å²) >= 11 is 1.69. The van der Waals surface area contributed by atoms with Gasteiger partial charge in [0.05, 0.1) is 6.54 Å². The molecule has 0 saturated heterocycles. The summed E-state index contributed by atoms with van der Waals surface area (Å²) in [5, 5.41) is 8.57. The molecule has 0 unspecified atom stereocenters. The van der Waals surface area contributed by atoms with Crippen LogP contribution in [-0.4, -0.2) is 57.2 Å². The highest BCUT2D eigenvalue weighted by molar-refractivity contribution is 7.09. The number of carbonyl (C=O) groups excluding carboxylic acids is 1. The van der Waals surface area contributed by atoms with Crippen LogP contribution in [-0.2, 0) is 16.1 Å². The van der Waals surface area contributed by atoms with Gasteiger partial charge in [0, 0.05) is 38.7 Å². The predicted molar refractivity (Wildman–Crippen MR) is 101 cm³/mol. The molecule has 0 aliphatic carbocycles. The quantitative estimate of drug-likeness (QED) is 0.363. The lowest BCUT2D eigenvalue weighted by molar-refractivity contribution is -0.127. The van der Waals surface area contributed by atoms with Gasteiger partial charge < -0.3 is 20.3 Å². The fraction of sp³-hybridized carbons (Fsp3) is 0.647. The van der Waals surface area contributed by atoms with Gasteiger partial charge in [-0.25, -0.2) is 4.99 Å². The zero-order valence-electron chi connectivity index (χ0n) is 15.0. The van der Waals surface area contributed by atoms with Crippen molar-refractivity contribution >= 4 is 23.2 Å². The molecule has 0 radical (unpaired) electrons. The Hall–Kier alpha value is -1.60. The van der Waals surface area contributed by atoms with Gasteiger partial charge in [-0.05, 0) is 24.3 Å². The van der Waals surface area contributed by atoms with Gasteiger partial charge in [0.2, 0.25) is 5.91 Å². The lowest BCUT2D eigenvalue weighted by Crippen LogP contribution is -2.38. The summed E-state index contributed by atoms with van der Waals surface area (Å²) in [4.78, 5) is 18.8. The molecular formula is C17H30N4O2S. The highest BCUT2D eigenvalue weighted by atomic mass is 32.1. The molecule has 1 amide bonds. The Balaban J connectivity index is 2.36. The number of unbranched alkanes of at least 4 members (excludes halogenated alkanes) is 1. The Morgan fingerprint density at radius 3 is 2.75 bits per heavy atom. The maximum atomic E-state index is 11.7. The third kappa shape index (κ3) is 9.52. The molecule has 0 atom stereocenters. The zero-order valence-corrected chi connectivity index (χ0v) is 15.8. The number of nitrogens with one attached hydrogen (secondary N) is 2. The van der Waals surface area contributed by atoms with Crippen molar-refractivity contribution in [2.75, 3.05) is 40.4 Å². The number of likely N-dealkylation sites (N-methyl/N-ethyl adjacent to an activating group) is 1. The van der Waals surface area contributed by atoms with Crippen LogP contribution in [0.1, 0.15) is 31.1 Å². The van der Waals surface area contributed by atoms with Gasteiger partial charge in [-0.15, -0.1) is 11.3 Å². The first kappa shape index (κ1) is 20.4. The molecule has 0 aliphatic rings. The third-order valence-electron chi connectivity index (χ3n) is 3.28. The number of nitrogens with zero attached hydrogens (tertiary/aromatic N) is 2. The Labute approximate surface area is 149 Å². The number of hydrogen-bond acceptors (Lipinski definition) is 4. The number of thiophene rings is 1. The Morgan fingerprint density at radius 2 is 2.08 bits per heavy atom.